The van der Waals surface area contributed by atoms with Gasteiger partial charge in [0.1, 0.15) is 11.9 Å². The molecule has 1 atom stereocenters. The molecule has 4 nitrogen and oxygen atoms in total. The summed E-state index contributed by atoms with van der Waals surface area (Å²) in [5, 5.41) is 3.03. The number of ether oxygens (including phenoxy) is 2. The maximum absolute atomic E-state index is 13.1. The molecule has 0 aliphatic carbocycles. The van der Waals surface area contributed by atoms with Crippen LogP contribution in [0.3, 0.4) is 0 Å². The van der Waals surface area contributed by atoms with E-state index in [2.05, 4.69) is 21.2 Å². The van der Waals surface area contributed by atoms with Gasteiger partial charge >= 0.3 is 5.97 Å². The molecule has 0 aliphatic rings. The number of carbonyl (C=O) groups is 1. The zero-order chi connectivity index (χ0) is 14.3. The molecule has 1 aromatic carbocycles. The summed E-state index contributed by atoms with van der Waals surface area (Å²) in [5.41, 5.74) is 0.635. The van der Waals surface area contributed by atoms with Crippen LogP contribution in [0, 0.1) is 5.82 Å². The molecule has 1 unspecified atom stereocenters. The summed E-state index contributed by atoms with van der Waals surface area (Å²) in [7, 11) is 1.58. The molecule has 0 saturated carbocycles. The summed E-state index contributed by atoms with van der Waals surface area (Å²) >= 11 is 3.26. The lowest BCUT2D eigenvalue weighted by Gasteiger charge is -2.18. The van der Waals surface area contributed by atoms with Gasteiger partial charge in [0.15, 0.2) is 0 Å². The van der Waals surface area contributed by atoms with E-state index in [1.165, 1.54) is 12.1 Å². The molecule has 1 rings (SSSR count). The van der Waals surface area contributed by atoms with Crippen molar-refractivity contribution in [1.82, 2.24) is 5.32 Å². The molecule has 0 saturated heterocycles. The molecule has 0 radical (unpaired) electrons. The van der Waals surface area contributed by atoms with Crippen LogP contribution in [0.25, 0.3) is 0 Å². The first kappa shape index (κ1) is 16.1. The first-order valence-electron chi connectivity index (χ1n) is 5.94. The van der Waals surface area contributed by atoms with Crippen molar-refractivity contribution in [2.24, 2.45) is 0 Å². The second-order valence-corrected chi connectivity index (χ2v) is 4.65. The maximum atomic E-state index is 13.1. The Morgan fingerprint density at radius 3 is 2.84 bits per heavy atom. The Bertz CT molecular complexity index is 428. The molecule has 0 spiro atoms. The van der Waals surface area contributed by atoms with Crippen molar-refractivity contribution in [3.05, 3.63) is 34.1 Å². The van der Waals surface area contributed by atoms with Crippen LogP contribution in [0.15, 0.2) is 22.7 Å². The van der Waals surface area contributed by atoms with E-state index in [1.54, 1.807) is 20.1 Å². The SMILES string of the molecule is CCOC(=O)C(NCCOC)c1ccc(F)cc1Br. The predicted molar refractivity (Wildman–Crippen MR) is 73.4 cm³/mol. The van der Waals surface area contributed by atoms with E-state index in [0.717, 1.165) is 0 Å². The second-order valence-electron chi connectivity index (χ2n) is 3.80. The lowest BCUT2D eigenvalue weighted by molar-refractivity contribution is -0.145. The van der Waals surface area contributed by atoms with Gasteiger partial charge in [-0.3, -0.25) is 5.32 Å². The zero-order valence-corrected chi connectivity index (χ0v) is 12.5. The van der Waals surface area contributed by atoms with Crippen LogP contribution in [0.5, 0.6) is 0 Å². The highest BCUT2D eigenvalue weighted by atomic mass is 79.9. The standard InChI is InChI=1S/C13H17BrFNO3/c1-3-19-13(17)12(16-6-7-18-2)10-5-4-9(15)8-11(10)14/h4-5,8,12,16H,3,6-7H2,1-2H3. The van der Waals surface area contributed by atoms with Crippen LogP contribution >= 0.6 is 15.9 Å². The molecule has 19 heavy (non-hydrogen) atoms. The molecule has 0 aromatic heterocycles. The highest BCUT2D eigenvalue weighted by Gasteiger charge is 2.23. The number of methoxy groups -OCH3 is 1. The van der Waals surface area contributed by atoms with Crippen molar-refractivity contribution in [3.8, 4) is 0 Å². The molecule has 0 heterocycles. The molecule has 0 aliphatic heterocycles. The first-order chi connectivity index (χ1) is 9.10. The summed E-state index contributed by atoms with van der Waals surface area (Å²) < 4.78 is 23.6. The number of benzene rings is 1. The van der Waals surface area contributed by atoms with E-state index in [4.69, 9.17) is 9.47 Å². The number of carbonyl (C=O) groups excluding carboxylic acids is 1. The minimum absolute atomic E-state index is 0.292. The third-order valence-electron chi connectivity index (χ3n) is 2.45. The molecule has 106 valence electrons. The molecular weight excluding hydrogens is 317 g/mol. The van der Waals surface area contributed by atoms with Gasteiger partial charge in [-0.05, 0) is 24.6 Å². The number of esters is 1. The van der Waals surface area contributed by atoms with E-state index in [1.807, 2.05) is 0 Å². The molecule has 0 fully saturated rings. The minimum atomic E-state index is -0.648. The highest BCUT2D eigenvalue weighted by Crippen LogP contribution is 2.25. The molecule has 0 amide bonds. The Labute approximate surface area is 120 Å². The normalized spacial score (nSPS) is 12.2. The fourth-order valence-corrected chi connectivity index (χ4v) is 2.17. The quantitative estimate of drug-likeness (QED) is 0.615. The van der Waals surface area contributed by atoms with E-state index in [9.17, 15) is 9.18 Å². The third kappa shape index (κ3) is 4.89. The summed E-state index contributed by atoms with van der Waals surface area (Å²) in [6.45, 7) is 2.99. The average Bonchev–Trinajstić information content (AvgIpc) is 2.36. The second kappa shape index (κ2) is 8.24. The Kier molecular flexibility index (Phi) is 6.97. The summed E-state index contributed by atoms with van der Waals surface area (Å²) in [5.74, 6) is -0.763. The van der Waals surface area contributed by atoms with Gasteiger partial charge in [-0.2, -0.15) is 0 Å². The minimum Gasteiger partial charge on any atom is -0.465 e. The van der Waals surface area contributed by atoms with Crippen molar-refractivity contribution in [3.63, 3.8) is 0 Å². The number of rotatable bonds is 7. The van der Waals surface area contributed by atoms with Crippen molar-refractivity contribution >= 4 is 21.9 Å². The average molecular weight is 334 g/mol. The fraction of sp³-hybridized carbons (Fsp3) is 0.462. The van der Waals surface area contributed by atoms with E-state index in [-0.39, 0.29) is 5.82 Å². The van der Waals surface area contributed by atoms with Crippen molar-refractivity contribution in [2.75, 3.05) is 26.9 Å². The largest absolute Gasteiger partial charge is 0.465 e. The Balaban J connectivity index is 2.90. The summed E-state index contributed by atoms with van der Waals surface area (Å²) in [4.78, 5) is 11.9. The van der Waals surface area contributed by atoms with Crippen LogP contribution in [0.4, 0.5) is 4.39 Å². The van der Waals surface area contributed by atoms with E-state index >= 15 is 0 Å². The van der Waals surface area contributed by atoms with Crippen LogP contribution in [-0.2, 0) is 14.3 Å². The van der Waals surface area contributed by atoms with E-state index in [0.29, 0.717) is 29.8 Å². The smallest absolute Gasteiger partial charge is 0.327 e. The Morgan fingerprint density at radius 1 is 1.53 bits per heavy atom. The van der Waals surface area contributed by atoms with Crippen LogP contribution in [-0.4, -0.2) is 32.8 Å². The Morgan fingerprint density at radius 2 is 2.26 bits per heavy atom. The Hall–Kier alpha value is -0.980. The van der Waals surface area contributed by atoms with E-state index < -0.39 is 12.0 Å². The zero-order valence-electron chi connectivity index (χ0n) is 10.9. The first-order valence-corrected chi connectivity index (χ1v) is 6.73. The number of halogens is 2. The maximum Gasteiger partial charge on any atom is 0.327 e. The number of nitrogens with one attached hydrogen (secondary N) is 1. The van der Waals surface area contributed by atoms with Crippen LogP contribution in [0.1, 0.15) is 18.5 Å². The number of hydrogen-bond donors (Lipinski definition) is 1. The topological polar surface area (TPSA) is 47.6 Å². The van der Waals surface area contributed by atoms with Gasteiger partial charge in [0.25, 0.3) is 0 Å². The summed E-state index contributed by atoms with van der Waals surface area (Å²) in [6, 6.07) is 3.54. The van der Waals surface area contributed by atoms with Crippen LogP contribution in [0.2, 0.25) is 0 Å². The lowest BCUT2D eigenvalue weighted by atomic mass is 10.1. The van der Waals surface area contributed by atoms with Gasteiger partial charge in [0.2, 0.25) is 0 Å². The van der Waals surface area contributed by atoms with Crippen molar-refractivity contribution in [1.29, 1.82) is 0 Å². The summed E-state index contributed by atoms with van der Waals surface area (Å²) in [6.07, 6.45) is 0. The van der Waals surface area contributed by atoms with Crippen molar-refractivity contribution in [2.45, 2.75) is 13.0 Å². The van der Waals surface area contributed by atoms with Gasteiger partial charge in [0, 0.05) is 18.1 Å². The van der Waals surface area contributed by atoms with Crippen LogP contribution < -0.4 is 5.32 Å². The van der Waals surface area contributed by atoms with Gasteiger partial charge in [-0.1, -0.05) is 22.0 Å². The monoisotopic (exact) mass is 333 g/mol. The molecule has 1 aromatic rings. The lowest BCUT2D eigenvalue weighted by Crippen LogP contribution is -2.32. The molecule has 0 bridgehead atoms. The predicted octanol–water partition coefficient (Wildman–Crippen LogP) is 2.43. The molecule has 1 N–H and O–H groups in total. The van der Waals surface area contributed by atoms with Gasteiger partial charge in [-0.15, -0.1) is 0 Å². The molecular formula is C13H17BrFNO3. The van der Waals surface area contributed by atoms with Gasteiger partial charge in [-0.25, -0.2) is 9.18 Å². The highest BCUT2D eigenvalue weighted by molar-refractivity contribution is 9.10. The van der Waals surface area contributed by atoms with Gasteiger partial charge < -0.3 is 9.47 Å². The molecule has 6 heteroatoms. The third-order valence-corrected chi connectivity index (χ3v) is 3.14. The van der Waals surface area contributed by atoms with Crippen molar-refractivity contribution < 1.29 is 18.7 Å². The van der Waals surface area contributed by atoms with Gasteiger partial charge in [0.05, 0.1) is 13.2 Å². The number of hydrogen-bond acceptors (Lipinski definition) is 4. The fourth-order valence-electron chi connectivity index (χ4n) is 1.59.